The molecule has 4 heterocycles. The number of nitrogens with zero attached hydrogens (tertiary/aromatic N) is 4. The van der Waals surface area contributed by atoms with Gasteiger partial charge in [-0.1, -0.05) is 0 Å². The lowest BCUT2D eigenvalue weighted by Gasteiger charge is -2.38. The number of pyridine rings is 1. The molecule has 130 valence electrons. The number of piperazine rings is 1. The van der Waals surface area contributed by atoms with Crippen molar-refractivity contribution in [3.05, 3.63) is 48.2 Å². The van der Waals surface area contributed by atoms with Crippen LogP contribution in [0.15, 0.2) is 36.7 Å². The number of hydrogen-bond donors (Lipinski definition) is 0. The molecule has 2 aliphatic rings. The molecule has 1 unspecified atom stereocenters. The number of rotatable bonds is 2. The van der Waals surface area contributed by atoms with Gasteiger partial charge in [-0.15, -0.1) is 0 Å². The molecule has 7 heteroatoms. The van der Waals surface area contributed by atoms with Gasteiger partial charge in [-0.05, 0) is 30.7 Å². The number of anilines is 1. The van der Waals surface area contributed by atoms with Crippen molar-refractivity contribution < 1.29 is 14.0 Å². The summed E-state index contributed by atoms with van der Waals surface area (Å²) in [5, 5.41) is 0. The first-order valence-corrected chi connectivity index (χ1v) is 8.49. The Kier molecular flexibility index (Phi) is 3.99. The smallest absolute Gasteiger partial charge is 0.245 e. The van der Waals surface area contributed by atoms with E-state index in [1.54, 1.807) is 12.1 Å². The minimum atomic E-state index is -0.355. The third kappa shape index (κ3) is 2.90. The third-order valence-corrected chi connectivity index (χ3v) is 4.96. The van der Waals surface area contributed by atoms with E-state index in [1.807, 2.05) is 21.7 Å². The van der Waals surface area contributed by atoms with Gasteiger partial charge < -0.3 is 14.4 Å². The van der Waals surface area contributed by atoms with Gasteiger partial charge in [0, 0.05) is 38.8 Å². The van der Waals surface area contributed by atoms with Gasteiger partial charge in [0.25, 0.3) is 0 Å². The standard InChI is InChI=1S/C18H19FN4O2/c19-13-3-6-17(20-12-13)21-8-10-22(11-9-21)18(25)15-4-5-16(24)14-2-1-7-23(14)15/h1-3,6-7,12,15H,4-5,8-11H2. The number of carbonyl (C=O) groups excluding carboxylic acids is 2. The van der Waals surface area contributed by atoms with Gasteiger partial charge in [-0.3, -0.25) is 9.59 Å². The van der Waals surface area contributed by atoms with Gasteiger partial charge in [0.05, 0.1) is 11.9 Å². The van der Waals surface area contributed by atoms with Gasteiger partial charge in [-0.25, -0.2) is 9.37 Å². The van der Waals surface area contributed by atoms with Crippen molar-refractivity contribution in [1.29, 1.82) is 0 Å². The Morgan fingerprint density at radius 2 is 1.96 bits per heavy atom. The third-order valence-electron chi connectivity index (χ3n) is 4.96. The summed E-state index contributed by atoms with van der Waals surface area (Å²) in [7, 11) is 0. The van der Waals surface area contributed by atoms with E-state index in [2.05, 4.69) is 9.88 Å². The zero-order valence-corrected chi connectivity index (χ0v) is 13.8. The SMILES string of the molecule is O=C1CCC(C(=O)N2CCN(c3ccc(F)cn3)CC2)n2cccc21. The zero-order chi connectivity index (χ0) is 17.4. The van der Waals surface area contributed by atoms with Gasteiger partial charge >= 0.3 is 0 Å². The Labute approximate surface area is 144 Å². The molecule has 1 atom stereocenters. The molecule has 25 heavy (non-hydrogen) atoms. The summed E-state index contributed by atoms with van der Waals surface area (Å²) in [5.74, 6) is 0.536. The molecule has 1 fully saturated rings. The molecule has 0 radical (unpaired) electrons. The van der Waals surface area contributed by atoms with Crippen molar-refractivity contribution in [2.24, 2.45) is 0 Å². The maximum atomic E-state index is 13.0. The van der Waals surface area contributed by atoms with E-state index in [9.17, 15) is 14.0 Å². The molecular weight excluding hydrogens is 323 g/mol. The van der Waals surface area contributed by atoms with E-state index in [1.165, 1.54) is 12.3 Å². The number of carbonyl (C=O) groups is 2. The molecule has 2 aromatic heterocycles. The van der Waals surface area contributed by atoms with Crippen LogP contribution in [0.4, 0.5) is 10.2 Å². The molecule has 0 bridgehead atoms. The molecule has 1 saturated heterocycles. The Hall–Kier alpha value is -2.70. The lowest BCUT2D eigenvalue weighted by Crippen LogP contribution is -2.51. The number of fused-ring (bicyclic) bond motifs is 1. The fourth-order valence-electron chi connectivity index (χ4n) is 3.60. The van der Waals surface area contributed by atoms with Crippen molar-refractivity contribution in [2.45, 2.75) is 18.9 Å². The summed E-state index contributed by atoms with van der Waals surface area (Å²) in [6, 6.07) is 6.35. The topological polar surface area (TPSA) is 58.4 Å². The second-order valence-corrected chi connectivity index (χ2v) is 6.43. The minimum absolute atomic E-state index is 0.0664. The van der Waals surface area contributed by atoms with E-state index in [0.29, 0.717) is 44.7 Å². The first kappa shape index (κ1) is 15.8. The van der Waals surface area contributed by atoms with Gasteiger partial charge in [0.1, 0.15) is 17.7 Å². The van der Waals surface area contributed by atoms with E-state index in [-0.39, 0.29) is 23.5 Å². The predicted octanol–water partition coefficient (Wildman–Crippen LogP) is 1.89. The van der Waals surface area contributed by atoms with Crippen molar-refractivity contribution in [3.8, 4) is 0 Å². The van der Waals surface area contributed by atoms with E-state index in [0.717, 1.165) is 5.82 Å². The van der Waals surface area contributed by atoms with Crippen LogP contribution >= 0.6 is 0 Å². The molecular formula is C18H19FN4O2. The Morgan fingerprint density at radius 1 is 1.16 bits per heavy atom. The number of halogens is 1. The first-order chi connectivity index (χ1) is 12.1. The van der Waals surface area contributed by atoms with Crippen molar-refractivity contribution in [2.75, 3.05) is 31.1 Å². The van der Waals surface area contributed by atoms with Crippen LogP contribution in [0.1, 0.15) is 29.4 Å². The maximum absolute atomic E-state index is 13.0. The molecule has 2 aromatic rings. The Morgan fingerprint density at radius 3 is 2.68 bits per heavy atom. The molecule has 6 nitrogen and oxygen atoms in total. The number of Topliss-reactive ketones (excluding diaryl/α,β-unsaturated/α-hetero) is 1. The lowest BCUT2D eigenvalue weighted by molar-refractivity contribution is -0.135. The number of aromatic nitrogens is 2. The van der Waals surface area contributed by atoms with Crippen molar-refractivity contribution >= 4 is 17.5 Å². The quantitative estimate of drug-likeness (QED) is 0.836. The maximum Gasteiger partial charge on any atom is 0.245 e. The second kappa shape index (κ2) is 6.31. The van der Waals surface area contributed by atoms with Gasteiger partial charge in [0.2, 0.25) is 5.91 Å². The average molecular weight is 342 g/mol. The molecule has 4 rings (SSSR count). The lowest BCUT2D eigenvalue weighted by atomic mass is 10.0. The van der Waals surface area contributed by atoms with E-state index >= 15 is 0 Å². The average Bonchev–Trinajstić information content (AvgIpc) is 3.13. The largest absolute Gasteiger partial charge is 0.353 e. The highest BCUT2D eigenvalue weighted by atomic mass is 19.1. The van der Waals surface area contributed by atoms with Crippen LogP contribution in [0.2, 0.25) is 0 Å². The fourth-order valence-corrected chi connectivity index (χ4v) is 3.60. The first-order valence-electron chi connectivity index (χ1n) is 8.49. The minimum Gasteiger partial charge on any atom is -0.353 e. The number of hydrogen-bond acceptors (Lipinski definition) is 4. The molecule has 0 aliphatic carbocycles. The summed E-state index contributed by atoms with van der Waals surface area (Å²) in [5.41, 5.74) is 0.624. The molecule has 2 aliphatic heterocycles. The molecule has 0 N–H and O–H groups in total. The summed E-state index contributed by atoms with van der Waals surface area (Å²) in [4.78, 5) is 32.8. The van der Waals surface area contributed by atoms with E-state index < -0.39 is 0 Å². The van der Waals surface area contributed by atoms with Crippen LogP contribution < -0.4 is 4.90 Å². The second-order valence-electron chi connectivity index (χ2n) is 6.43. The summed E-state index contributed by atoms with van der Waals surface area (Å²) >= 11 is 0. The summed E-state index contributed by atoms with van der Waals surface area (Å²) in [6.07, 6.45) is 3.99. The highest BCUT2D eigenvalue weighted by Crippen LogP contribution is 2.27. The molecule has 0 aromatic carbocycles. The van der Waals surface area contributed by atoms with Gasteiger partial charge in [0.15, 0.2) is 5.78 Å². The Balaban J connectivity index is 1.43. The molecule has 0 spiro atoms. The number of ketones is 1. The predicted molar refractivity (Wildman–Crippen MR) is 90.0 cm³/mol. The monoisotopic (exact) mass is 342 g/mol. The molecule has 0 saturated carbocycles. The van der Waals surface area contributed by atoms with Crippen LogP contribution in [0, 0.1) is 5.82 Å². The van der Waals surface area contributed by atoms with Crippen LogP contribution in [0.3, 0.4) is 0 Å². The van der Waals surface area contributed by atoms with Crippen LogP contribution in [-0.2, 0) is 4.79 Å². The molecule has 1 amide bonds. The van der Waals surface area contributed by atoms with Crippen LogP contribution in [-0.4, -0.2) is 52.3 Å². The van der Waals surface area contributed by atoms with Crippen LogP contribution in [0.5, 0.6) is 0 Å². The van der Waals surface area contributed by atoms with Crippen molar-refractivity contribution in [3.63, 3.8) is 0 Å². The normalized spacial score (nSPS) is 20.5. The van der Waals surface area contributed by atoms with Gasteiger partial charge in [-0.2, -0.15) is 0 Å². The van der Waals surface area contributed by atoms with Crippen LogP contribution in [0.25, 0.3) is 0 Å². The van der Waals surface area contributed by atoms with E-state index in [4.69, 9.17) is 0 Å². The highest BCUT2D eigenvalue weighted by Gasteiger charge is 2.33. The zero-order valence-electron chi connectivity index (χ0n) is 13.8. The summed E-state index contributed by atoms with van der Waals surface area (Å²) < 4.78 is 14.8. The fraction of sp³-hybridized carbons (Fsp3) is 0.389. The summed E-state index contributed by atoms with van der Waals surface area (Å²) in [6.45, 7) is 2.51. The number of amides is 1. The Bertz CT molecular complexity index is 794. The highest BCUT2D eigenvalue weighted by molar-refractivity contribution is 5.97. The van der Waals surface area contributed by atoms with Crippen molar-refractivity contribution in [1.82, 2.24) is 14.5 Å².